The van der Waals surface area contributed by atoms with E-state index in [0.29, 0.717) is 11.4 Å². The first-order valence-corrected chi connectivity index (χ1v) is 6.96. The number of hydrogen-bond donors (Lipinski definition) is 1. The third-order valence-electron chi connectivity index (χ3n) is 3.41. The Labute approximate surface area is 92.6 Å². The van der Waals surface area contributed by atoms with Crippen molar-refractivity contribution < 1.29 is 0 Å². The fourth-order valence-electron chi connectivity index (χ4n) is 2.18. The molecule has 84 valence electrons. The van der Waals surface area contributed by atoms with Gasteiger partial charge in [-0.15, -0.1) is 11.8 Å². The molecule has 1 saturated heterocycles. The zero-order valence-electron chi connectivity index (χ0n) is 9.70. The summed E-state index contributed by atoms with van der Waals surface area (Å²) in [6, 6.07) is 0.375. The predicted octanol–water partition coefficient (Wildman–Crippen LogP) is 2.14. The number of hydrogen-bond acceptors (Lipinski definition) is 3. The van der Waals surface area contributed by atoms with Gasteiger partial charge in [-0.3, -0.25) is 4.90 Å². The van der Waals surface area contributed by atoms with Crippen molar-refractivity contribution in [3.8, 4) is 0 Å². The first-order valence-electron chi connectivity index (χ1n) is 5.67. The first-order chi connectivity index (χ1) is 6.65. The van der Waals surface area contributed by atoms with E-state index in [1.54, 1.807) is 0 Å². The molecule has 3 atom stereocenters. The standard InChI is InChI=1S/C11H24N2S/c1-9(12)11-5-4-7-13(8-6-11)10(2)14-3/h9-11H,4-8,12H2,1-3H3. The number of likely N-dealkylation sites (tertiary alicyclic amines) is 1. The molecule has 1 fully saturated rings. The van der Waals surface area contributed by atoms with Crippen LogP contribution in [0.4, 0.5) is 0 Å². The van der Waals surface area contributed by atoms with Gasteiger partial charge in [0, 0.05) is 6.04 Å². The number of nitrogens with two attached hydrogens (primary N) is 1. The predicted molar refractivity (Wildman–Crippen MR) is 65.5 cm³/mol. The van der Waals surface area contributed by atoms with E-state index >= 15 is 0 Å². The molecule has 2 nitrogen and oxygen atoms in total. The van der Waals surface area contributed by atoms with Gasteiger partial charge in [0.2, 0.25) is 0 Å². The van der Waals surface area contributed by atoms with Crippen molar-refractivity contribution in [1.29, 1.82) is 0 Å². The van der Waals surface area contributed by atoms with Crippen LogP contribution in [0.5, 0.6) is 0 Å². The summed E-state index contributed by atoms with van der Waals surface area (Å²) in [4.78, 5) is 2.59. The second-order valence-electron chi connectivity index (χ2n) is 4.42. The van der Waals surface area contributed by atoms with Crippen LogP contribution in [-0.4, -0.2) is 35.7 Å². The molecular formula is C11H24N2S. The summed E-state index contributed by atoms with van der Waals surface area (Å²) in [6.07, 6.45) is 6.10. The Balaban J connectivity index is 2.40. The van der Waals surface area contributed by atoms with Gasteiger partial charge in [0.15, 0.2) is 0 Å². The fraction of sp³-hybridized carbons (Fsp3) is 1.00. The van der Waals surface area contributed by atoms with Crippen molar-refractivity contribution >= 4 is 11.8 Å². The molecule has 1 rings (SSSR count). The molecule has 0 amide bonds. The summed E-state index contributed by atoms with van der Waals surface area (Å²) in [7, 11) is 0. The maximum absolute atomic E-state index is 5.97. The SMILES string of the molecule is CSC(C)N1CCCC(C(C)N)CC1. The normalized spacial score (nSPS) is 29.6. The summed E-state index contributed by atoms with van der Waals surface area (Å²) in [5.41, 5.74) is 5.97. The molecule has 1 heterocycles. The Bertz CT molecular complexity index is 161. The van der Waals surface area contributed by atoms with Gasteiger partial charge in [-0.1, -0.05) is 0 Å². The Morgan fingerprint density at radius 3 is 2.57 bits per heavy atom. The molecule has 1 aliphatic heterocycles. The van der Waals surface area contributed by atoms with Crippen molar-refractivity contribution in [3.05, 3.63) is 0 Å². The molecule has 0 bridgehead atoms. The molecule has 0 spiro atoms. The van der Waals surface area contributed by atoms with Gasteiger partial charge >= 0.3 is 0 Å². The van der Waals surface area contributed by atoms with Crippen LogP contribution in [0.2, 0.25) is 0 Å². The van der Waals surface area contributed by atoms with E-state index in [1.165, 1.54) is 32.4 Å². The molecule has 0 saturated carbocycles. The molecule has 0 aromatic carbocycles. The van der Waals surface area contributed by atoms with Gasteiger partial charge in [0.1, 0.15) is 0 Å². The monoisotopic (exact) mass is 216 g/mol. The van der Waals surface area contributed by atoms with Gasteiger partial charge in [-0.25, -0.2) is 0 Å². The molecule has 0 radical (unpaired) electrons. The van der Waals surface area contributed by atoms with Crippen LogP contribution in [-0.2, 0) is 0 Å². The zero-order valence-corrected chi connectivity index (χ0v) is 10.5. The van der Waals surface area contributed by atoms with E-state index in [2.05, 4.69) is 25.0 Å². The Morgan fingerprint density at radius 2 is 2.00 bits per heavy atom. The van der Waals surface area contributed by atoms with E-state index in [-0.39, 0.29) is 0 Å². The van der Waals surface area contributed by atoms with Crippen molar-refractivity contribution in [2.45, 2.75) is 44.5 Å². The van der Waals surface area contributed by atoms with Gasteiger partial charge < -0.3 is 5.73 Å². The largest absolute Gasteiger partial charge is 0.328 e. The third-order valence-corrected chi connectivity index (χ3v) is 4.39. The summed E-state index contributed by atoms with van der Waals surface area (Å²) in [6.45, 7) is 6.94. The minimum Gasteiger partial charge on any atom is -0.328 e. The molecule has 0 aromatic rings. The van der Waals surface area contributed by atoms with Crippen LogP contribution in [0.1, 0.15) is 33.1 Å². The fourth-order valence-corrected chi connectivity index (χ4v) is 2.69. The Hall–Kier alpha value is 0.270. The van der Waals surface area contributed by atoms with Crippen molar-refractivity contribution in [2.75, 3.05) is 19.3 Å². The van der Waals surface area contributed by atoms with Crippen LogP contribution in [0, 0.1) is 5.92 Å². The Kier molecular flexibility index (Phi) is 5.28. The second kappa shape index (κ2) is 5.99. The lowest BCUT2D eigenvalue weighted by atomic mass is 9.94. The molecular weight excluding hydrogens is 192 g/mol. The molecule has 2 N–H and O–H groups in total. The van der Waals surface area contributed by atoms with E-state index in [9.17, 15) is 0 Å². The summed E-state index contributed by atoms with van der Waals surface area (Å²) in [5.74, 6) is 0.744. The quantitative estimate of drug-likeness (QED) is 0.784. The molecule has 0 aromatic heterocycles. The van der Waals surface area contributed by atoms with Gasteiger partial charge in [-0.2, -0.15) is 0 Å². The smallest absolute Gasteiger partial charge is 0.0525 e. The highest BCUT2D eigenvalue weighted by molar-refractivity contribution is 7.99. The van der Waals surface area contributed by atoms with Crippen LogP contribution < -0.4 is 5.73 Å². The lowest BCUT2D eigenvalue weighted by Crippen LogP contribution is -2.32. The molecule has 3 unspecified atom stereocenters. The number of rotatable bonds is 3. The Morgan fingerprint density at radius 1 is 1.29 bits per heavy atom. The average molecular weight is 216 g/mol. The van der Waals surface area contributed by atoms with Crippen LogP contribution in [0.25, 0.3) is 0 Å². The highest BCUT2D eigenvalue weighted by atomic mass is 32.2. The summed E-state index contributed by atoms with van der Waals surface area (Å²) >= 11 is 1.94. The first kappa shape index (κ1) is 12.3. The lowest BCUT2D eigenvalue weighted by molar-refractivity contribution is 0.271. The lowest BCUT2D eigenvalue weighted by Gasteiger charge is -2.26. The van der Waals surface area contributed by atoms with Gasteiger partial charge in [0.05, 0.1) is 5.37 Å². The summed E-state index contributed by atoms with van der Waals surface area (Å²) < 4.78 is 0. The van der Waals surface area contributed by atoms with E-state index in [0.717, 1.165) is 5.92 Å². The topological polar surface area (TPSA) is 29.3 Å². The van der Waals surface area contributed by atoms with Crippen molar-refractivity contribution in [3.63, 3.8) is 0 Å². The van der Waals surface area contributed by atoms with E-state index in [1.807, 2.05) is 11.8 Å². The van der Waals surface area contributed by atoms with Crippen molar-refractivity contribution in [2.24, 2.45) is 11.7 Å². The van der Waals surface area contributed by atoms with E-state index in [4.69, 9.17) is 5.73 Å². The van der Waals surface area contributed by atoms with Crippen LogP contribution in [0.15, 0.2) is 0 Å². The molecule has 14 heavy (non-hydrogen) atoms. The van der Waals surface area contributed by atoms with Crippen molar-refractivity contribution in [1.82, 2.24) is 4.90 Å². The van der Waals surface area contributed by atoms with E-state index < -0.39 is 0 Å². The summed E-state index contributed by atoms with van der Waals surface area (Å²) in [5, 5.41) is 0.668. The third kappa shape index (κ3) is 3.44. The van der Waals surface area contributed by atoms with Crippen LogP contribution >= 0.6 is 11.8 Å². The molecule has 1 aliphatic rings. The van der Waals surface area contributed by atoms with Gasteiger partial charge in [-0.05, 0) is 58.4 Å². The number of nitrogens with zero attached hydrogens (tertiary/aromatic N) is 1. The maximum atomic E-state index is 5.97. The molecule has 0 aliphatic carbocycles. The second-order valence-corrected chi connectivity index (χ2v) is 5.57. The average Bonchev–Trinajstić information content (AvgIpc) is 2.41. The van der Waals surface area contributed by atoms with Crippen LogP contribution in [0.3, 0.4) is 0 Å². The zero-order chi connectivity index (χ0) is 10.6. The van der Waals surface area contributed by atoms with Gasteiger partial charge in [0.25, 0.3) is 0 Å². The minimum atomic E-state index is 0.375. The molecule has 3 heteroatoms. The highest BCUT2D eigenvalue weighted by Gasteiger charge is 2.21. The maximum Gasteiger partial charge on any atom is 0.0525 e. The minimum absolute atomic E-state index is 0.375. The highest BCUT2D eigenvalue weighted by Crippen LogP contribution is 2.23. The number of thioether (sulfide) groups is 1.